The molecule has 0 aliphatic rings. The fourth-order valence-electron chi connectivity index (χ4n) is 1.76. The maximum atomic E-state index is 6.12. The van der Waals surface area contributed by atoms with Crippen LogP contribution in [0.1, 0.15) is 37.4 Å². The highest BCUT2D eigenvalue weighted by Gasteiger charge is 2.14. The summed E-state index contributed by atoms with van der Waals surface area (Å²) in [6.45, 7) is 4.12. The number of halogens is 1. The average Bonchev–Trinajstić information content (AvgIpc) is 2.78. The summed E-state index contributed by atoms with van der Waals surface area (Å²) >= 11 is 5.80. The summed E-state index contributed by atoms with van der Waals surface area (Å²) in [6.07, 6.45) is 3.76. The molecule has 2 rings (SSSR count). The van der Waals surface area contributed by atoms with Gasteiger partial charge in [-0.1, -0.05) is 11.6 Å². The molecule has 0 fully saturated rings. The predicted octanol–water partition coefficient (Wildman–Crippen LogP) is 2.15. The van der Waals surface area contributed by atoms with Crippen molar-refractivity contribution < 1.29 is 0 Å². The average molecular weight is 266 g/mol. The fraction of sp³-hybridized carbons (Fsp3) is 0.417. The lowest BCUT2D eigenvalue weighted by molar-refractivity contribution is 0.491. The molecule has 96 valence electrons. The van der Waals surface area contributed by atoms with Crippen molar-refractivity contribution in [2.45, 2.75) is 32.4 Å². The second-order valence-corrected chi connectivity index (χ2v) is 4.86. The minimum Gasteiger partial charge on any atom is -0.322 e. The van der Waals surface area contributed by atoms with Crippen LogP contribution in [0.4, 0.5) is 0 Å². The molecule has 2 heterocycles. The largest absolute Gasteiger partial charge is 0.322 e. The molecule has 0 bridgehead atoms. The number of hydrogen-bond acceptors (Lipinski definition) is 4. The summed E-state index contributed by atoms with van der Waals surface area (Å²) in [4.78, 5) is 8.46. The topological polar surface area (TPSA) is 69.6 Å². The van der Waals surface area contributed by atoms with E-state index in [0.717, 1.165) is 11.5 Å². The molecule has 2 aromatic heterocycles. The van der Waals surface area contributed by atoms with Gasteiger partial charge in [-0.3, -0.25) is 4.98 Å². The van der Waals surface area contributed by atoms with E-state index >= 15 is 0 Å². The minimum atomic E-state index is -0.205. The van der Waals surface area contributed by atoms with Crippen LogP contribution in [0.15, 0.2) is 24.7 Å². The zero-order valence-electron chi connectivity index (χ0n) is 10.4. The zero-order chi connectivity index (χ0) is 13.1. The SMILES string of the molecule is CC(C)n1ncnc1CC(N)c1ccc(Cl)cn1. The maximum absolute atomic E-state index is 6.12. The molecule has 0 saturated heterocycles. The summed E-state index contributed by atoms with van der Waals surface area (Å²) in [5, 5.41) is 4.79. The number of pyridine rings is 1. The van der Waals surface area contributed by atoms with E-state index in [9.17, 15) is 0 Å². The molecule has 0 aliphatic heterocycles. The summed E-state index contributed by atoms with van der Waals surface area (Å²) < 4.78 is 1.87. The Balaban J connectivity index is 2.13. The molecule has 0 saturated carbocycles. The Labute approximate surface area is 111 Å². The lowest BCUT2D eigenvalue weighted by Gasteiger charge is -2.13. The van der Waals surface area contributed by atoms with Crippen LogP contribution < -0.4 is 5.73 Å². The summed E-state index contributed by atoms with van der Waals surface area (Å²) in [6, 6.07) is 3.69. The van der Waals surface area contributed by atoms with Crippen LogP contribution >= 0.6 is 11.6 Å². The van der Waals surface area contributed by atoms with Crippen LogP contribution in [0.3, 0.4) is 0 Å². The monoisotopic (exact) mass is 265 g/mol. The molecule has 0 radical (unpaired) electrons. The van der Waals surface area contributed by atoms with Crippen LogP contribution in [-0.4, -0.2) is 19.7 Å². The van der Waals surface area contributed by atoms with Crippen molar-refractivity contribution in [2.75, 3.05) is 0 Å². The number of nitrogens with zero attached hydrogens (tertiary/aromatic N) is 4. The Morgan fingerprint density at radius 1 is 1.33 bits per heavy atom. The Hall–Kier alpha value is -1.46. The van der Waals surface area contributed by atoms with Gasteiger partial charge in [0.25, 0.3) is 0 Å². The lowest BCUT2D eigenvalue weighted by atomic mass is 10.1. The van der Waals surface area contributed by atoms with E-state index in [1.807, 2.05) is 10.7 Å². The van der Waals surface area contributed by atoms with E-state index in [4.69, 9.17) is 17.3 Å². The molecule has 0 aromatic carbocycles. The fourth-order valence-corrected chi connectivity index (χ4v) is 1.87. The van der Waals surface area contributed by atoms with Crippen molar-refractivity contribution in [3.8, 4) is 0 Å². The van der Waals surface area contributed by atoms with Gasteiger partial charge in [0.15, 0.2) is 0 Å². The number of rotatable bonds is 4. The van der Waals surface area contributed by atoms with E-state index in [-0.39, 0.29) is 12.1 Å². The summed E-state index contributed by atoms with van der Waals surface area (Å²) in [5.41, 5.74) is 6.92. The van der Waals surface area contributed by atoms with Crippen LogP contribution in [0, 0.1) is 0 Å². The molecule has 0 aliphatic carbocycles. The second kappa shape index (κ2) is 5.46. The van der Waals surface area contributed by atoms with Gasteiger partial charge in [-0.2, -0.15) is 5.10 Å². The Morgan fingerprint density at radius 2 is 2.11 bits per heavy atom. The third kappa shape index (κ3) is 2.86. The second-order valence-electron chi connectivity index (χ2n) is 4.43. The number of hydrogen-bond donors (Lipinski definition) is 1. The summed E-state index contributed by atoms with van der Waals surface area (Å²) in [5.74, 6) is 0.870. The van der Waals surface area contributed by atoms with E-state index in [1.54, 1.807) is 18.6 Å². The normalized spacial score (nSPS) is 12.9. The molecular weight excluding hydrogens is 250 g/mol. The molecular formula is C12H16ClN5. The molecule has 18 heavy (non-hydrogen) atoms. The Morgan fingerprint density at radius 3 is 2.72 bits per heavy atom. The first-order valence-corrected chi connectivity index (χ1v) is 6.21. The van der Waals surface area contributed by atoms with Crippen LogP contribution in [-0.2, 0) is 6.42 Å². The van der Waals surface area contributed by atoms with Gasteiger partial charge in [0, 0.05) is 18.7 Å². The van der Waals surface area contributed by atoms with Crippen molar-refractivity contribution in [3.05, 3.63) is 41.2 Å². The van der Waals surface area contributed by atoms with E-state index in [0.29, 0.717) is 11.4 Å². The third-order valence-corrected chi connectivity index (χ3v) is 2.89. The lowest BCUT2D eigenvalue weighted by Crippen LogP contribution is -2.18. The van der Waals surface area contributed by atoms with Crippen molar-refractivity contribution >= 4 is 11.6 Å². The molecule has 0 amide bonds. The van der Waals surface area contributed by atoms with Gasteiger partial charge in [0.2, 0.25) is 0 Å². The quantitative estimate of drug-likeness (QED) is 0.920. The molecule has 0 spiro atoms. The van der Waals surface area contributed by atoms with Crippen LogP contribution in [0.5, 0.6) is 0 Å². The Bertz CT molecular complexity index is 505. The maximum Gasteiger partial charge on any atom is 0.138 e. The van der Waals surface area contributed by atoms with Gasteiger partial charge >= 0.3 is 0 Å². The minimum absolute atomic E-state index is 0.205. The van der Waals surface area contributed by atoms with Gasteiger partial charge in [0.05, 0.1) is 16.8 Å². The van der Waals surface area contributed by atoms with Gasteiger partial charge < -0.3 is 5.73 Å². The highest BCUT2D eigenvalue weighted by atomic mass is 35.5. The molecule has 2 N–H and O–H groups in total. The number of nitrogens with two attached hydrogens (primary N) is 1. The predicted molar refractivity (Wildman–Crippen MR) is 70.3 cm³/mol. The first-order chi connectivity index (χ1) is 8.58. The van der Waals surface area contributed by atoms with Crippen molar-refractivity contribution in [3.63, 3.8) is 0 Å². The van der Waals surface area contributed by atoms with Crippen molar-refractivity contribution in [2.24, 2.45) is 5.73 Å². The first-order valence-electron chi connectivity index (χ1n) is 5.83. The highest BCUT2D eigenvalue weighted by Crippen LogP contribution is 2.16. The first kappa shape index (κ1) is 13.0. The van der Waals surface area contributed by atoms with Crippen molar-refractivity contribution in [1.82, 2.24) is 19.7 Å². The van der Waals surface area contributed by atoms with Crippen molar-refractivity contribution in [1.29, 1.82) is 0 Å². The molecule has 1 unspecified atom stereocenters. The Kier molecular flexibility index (Phi) is 3.93. The van der Waals surface area contributed by atoms with Gasteiger partial charge in [-0.15, -0.1) is 0 Å². The molecule has 1 atom stereocenters. The van der Waals surface area contributed by atoms with E-state index < -0.39 is 0 Å². The molecule has 6 heteroatoms. The third-order valence-electron chi connectivity index (χ3n) is 2.67. The highest BCUT2D eigenvalue weighted by molar-refractivity contribution is 6.30. The smallest absolute Gasteiger partial charge is 0.138 e. The van der Waals surface area contributed by atoms with E-state index in [1.165, 1.54) is 0 Å². The van der Waals surface area contributed by atoms with E-state index in [2.05, 4.69) is 28.9 Å². The standard InChI is InChI=1S/C12H16ClN5/c1-8(2)18-12(16-7-17-18)5-10(14)11-4-3-9(13)6-15-11/h3-4,6-8,10H,5,14H2,1-2H3. The van der Waals surface area contributed by atoms with Gasteiger partial charge in [-0.05, 0) is 26.0 Å². The number of aromatic nitrogens is 4. The van der Waals surface area contributed by atoms with Gasteiger partial charge in [-0.25, -0.2) is 9.67 Å². The van der Waals surface area contributed by atoms with Gasteiger partial charge in [0.1, 0.15) is 12.2 Å². The van der Waals surface area contributed by atoms with Crippen LogP contribution in [0.25, 0.3) is 0 Å². The molecule has 2 aromatic rings. The zero-order valence-corrected chi connectivity index (χ0v) is 11.2. The molecule has 5 nitrogen and oxygen atoms in total. The summed E-state index contributed by atoms with van der Waals surface area (Å²) in [7, 11) is 0. The van der Waals surface area contributed by atoms with Crippen LogP contribution in [0.2, 0.25) is 5.02 Å².